The monoisotopic (exact) mass is 410 g/mol. The molecule has 4 rings (SSSR count). The van der Waals surface area contributed by atoms with Crippen LogP contribution < -0.4 is 14.8 Å². The fourth-order valence-electron chi connectivity index (χ4n) is 3.54. The third-order valence-corrected chi connectivity index (χ3v) is 5.47. The number of hydrogen-bond acceptors (Lipinski definition) is 5. The van der Waals surface area contributed by atoms with Crippen LogP contribution in [-0.2, 0) is 16.6 Å². The Morgan fingerprint density at radius 3 is 2.60 bits per heavy atom. The van der Waals surface area contributed by atoms with E-state index in [0.29, 0.717) is 54.3 Å². The number of carbonyl (C=O) groups is 1. The van der Waals surface area contributed by atoms with Gasteiger partial charge in [0.1, 0.15) is 5.82 Å². The Morgan fingerprint density at radius 2 is 1.90 bits per heavy atom. The first-order valence-electron chi connectivity index (χ1n) is 9.79. The second kappa shape index (κ2) is 8.18. The molecule has 7 heteroatoms. The summed E-state index contributed by atoms with van der Waals surface area (Å²) in [7, 11) is 3.18. The lowest BCUT2D eigenvalue weighted by atomic mass is 10.00. The highest BCUT2D eigenvalue weighted by atomic mass is 19.1. The minimum atomic E-state index is -0.690. The van der Waals surface area contributed by atoms with Crippen molar-refractivity contribution in [3.63, 3.8) is 0 Å². The Balaban J connectivity index is 1.40. The standard InChI is InChI=1S/C23H23FN2O4/c1-28-18-8-7-15(13-20(18)29-2)9-12-25-22(27)23(10-11-23)21-14-19(30-26-21)16-5-3-4-6-17(16)24/h3-8,13-14H,9-12H2,1-2H3,(H,25,27). The number of hydrogen-bond donors (Lipinski definition) is 1. The second-order valence-electron chi connectivity index (χ2n) is 7.33. The maximum absolute atomic E-state index is 14.0. The van der Waals surface area contributed by atoms with Crippen molar-refractivity contribution in [1.82, 2.24) is 10.5 Å². The van der Waals surface area contributed by atoms with Crippen LogP contribution in [0, 0.1) is 5.82 Å². The number of ether oxygens (including phenoxy) is 2. The van der Waals surface area contributed by atoms with Crippen LogP contribution in [0.4, 0.5) is 4.39 Å². The molecule has 0 radical (unpaired) electrons. The first-order chi connectivity index (χ1) is 14.6. The number of rotatable bonds is 8. The average molecular weight is 410 g/mol. The summed E-state index contributed by atoms with van der Waals surface area (Å²) in [6.07, 6.45) is 2.04. The van der Waals surface area contributed by atoms with Crippen molar-refractivity contribution in [2.24, 2.45) is 0 Å². The number of nitrogens with one attached hydrogen (secondary N) is 1. The molecule has 156 valence electrons. The molecule has 1 aliphatic rings. The minimum absolute atomic E-state index is 0.0867. The summed E-state index contributed by atoms with van der Waals surface area (Å²) in [5.74, 6) is 1.18. The van der Waals surface area contributed by atoms with Gasteiger partial charge < -0.3 is 19.3 Å². The minimum Gasteiger partial charge on any atom is -0.493 e. The molecule has 1 aliphatic carbocycles. The van der Waals surface area contributed by atoms with E-state index in [4.69, 9.17) is 14.0 Å². The smallest absolute Gasteiger partial charge is 0.232 e. The van der Waals surface area contributed by atoms with E-state index < -0.39 is 5.41 Å². The fourth-order valence-corrected chi connectivity index (χ4v) is 3.54. The largest absolute Gasteiger partial charge is 0.493 e. The summed E-state index contributed by atoms with van der Waals surface area (Å²) in [4.78, 5) is 12.8. The lowest BCUT2D eigenvalue weighted by molar-refractivity contribution is -0.123. The van der Waals surface area contributed by atoms with Gasteiger partial charge in [0.25, 0.3) is 0 Å². The maximum atomic E-state index is 14.0. The van der Waals surface area contributed by atoms with Crippen molar-refractivity contribution in [2.45, 2.75) is 24.7 Å². The van der Waals surface area contributed by atoms with Crippen LogP contribution in [0.25, 0.3) is 11.3 Å². The number of nitrogens with zero attached hydrogens (tertiary/aromatic N) is 1. The molecule has 30 heavy (non-hydrogen) atoms. The molecule has 1 amide bonds. The molecular weight excluding hydrogens is 387 g/mol. The zero-order chi connectivity index (χ0) is 21.1. The lowest BCUT2D eigenvalue weighted by Crippen LogP contribution is -2.36. The van der Waals surface area contributed by atoms with Crippen molar-refractivity contribution in [2.75, 3.05) is 20.8 Å². The molecule has 0 aliphatic heterocycles. The highest BCUT2D eigenvalue weighted by Crippen LogP contribution is 2.48. The van der Waals surface area contributed by atoms with Crippen molar-refractivity contribution in [3.8, 4) is 22.8 Å². The summed E-state index contributed by atoms with van der Waals surface area (Å²) >= 11 is 0. The van der Waals surface area contributed by atoms with Gasteiger partial charge in [0.05, 0.1) is 30.9 Å². The molecule has 0 saturated heterocycles. The molecule has 1 N–H and O–H groups in total. The molecule has 6 nitrogen and oxygen atoms in total. The molecule has 1 saturated carbocycles. The first kappa shape index (κ1) is 19.9. The number of methoxy groups -OCH3 is 2. The Hall–Kier alpha value is -3.35. The molecule has 3 aromatic rings. The van der Waals surface area contributed by atoms with E-state index in [9.17, 15) is 9.18 Å². The Labute approximate surface area is 174 Å². The van der Waals surface area contributed by atoms with E-state index in [-0.39, 0.29) is 11.7 Å². The normalized spacial score (nSPS) is 14.2. The van der Waals surface area contributed by atoms with Crippen LogP contribution >= 0.6 is 0 Å². The lowest BCUT2D eigenvalue weighted by Gasteiger charge is -2.13. The Morgan fingerprint density at radius 1 is 1.13 bits per heavy atom. The van der Waals surface area contributed by atoms with Crippen LogP contribution in [0.3, 0.4) is 0 Å². The third-order valence-electron chi connectivity index (χ3n) is 5.47. The predicted molar refractivity (Wildman–Crippen MR) is 109 cm³/mol. The van der Waals surface area contributed by atoms with Crippen LogP contribution in [0.1, 0.15) is 24.1 Å². The van der Waals surface area contributed by atoms with Gasteiger partial charge in [0, 0.05) is 12.6 Å². The topological polar surface area (TPSA) is 73.6 Å². The van der Waals surface area contributed by atoms with Gasteiger partial charge in [0.15, 0.2) is 17.3 Å². The summed E-state index contributed by atoms with van der Waals surface area (Å²) < 4.78 is 29.9. The number of amides is 1. The van der Waals surface area contributed by atoms with Gasteiger partial charge in [0.2, 0.25) is 5.91 Å². The molecule has 0 spiro atoms. The Bertz CT molecular complexity index is 1060. The molecule has 1 aromatic heterocycles. The number of aromatic nitrogens is 1. The van der Waals surface area contributed by atoms with Gasteiger partial charge in [-0.3, -0.25) is 4.79 Å². The van der Waals surface area contributed by atoms with E-state index in [1.54, 1.807) is 38.5 Å². The van der Waals surface area contributed by atoms with Crippen molar-refractivity contribution >= 4 is 5.91 Å². The number of benzene rings is 2. The number of halogens is 1. The van der Waals surface area contributed by atoms with Gasteiger partial charge in [-0.15, -0.1) is 0 Å². The van der Waals surface area contributed by atoms with E-state index in [0.717, 1.165) is 5.56 Å². The first-order valence-corrected chi connectivity index (χ1v) is 9.79. The highest BCUT2D eigenvalue weighted by Gasteiger charge is 2.53. The van der Waals surface area contributed by atoms with Crippen molar-refractivity contribution in [3.05, 3.63) is 65.6 Å². The van der Waals surface area contributed by atoms with Crippen LogP contribution in [0.5, 0.6) is 11.5 Å². The van der Waals surface area contributed by atoms with Crippen LogP contribution in [0.15, 0.2) is 53.1 Å². The summed E-state index contributed by atoms with van der Waals surface area (Å²) in [5.41, 5.74) is 1.22. The Kier molecular flexibility index (Phi) is 5.44. The van der Waals surface area contributed by atoms with E-state index in [2.05, 4.69) is 10.5 Å². The van der Waals surface area contributed by atoms with E-state index in [1.165, 1.54) is 6.07 Å². The van der Waals surface area contributed by atoms with Gasteiger partial charge in [-0.05, 0) is 49.1 Å². The van der Waals surface area contributed by atoms with Crippen molar-refractivity contribution < 1.29 is 23.2 Å². The van der Waals surface area contributed by atoms with Crippen LogP contribution in [0.2, 0.25) is 0 Å². The third kappa shape index (κ3) is 3.75. The van der Waals surface area contributed by atoms with E-state index in [1.807, 2.05) is 18.2 Å². The van der Waals surface area contributed by atoms with E-state index >= 15 is 0 Å². The van der Waals surface area contributed by atoms with Crippen molar-refractivity contribution in [1.29, 1.82) is 0 Å². The summed E-state index contributed by atoms with van der Waals surface area (Å²) in [6.45, 7) is 0.480. The molecule has 2 aromatic carbocycles. The molecule has 1 fully saturated rings. The van der Waals surface area contributed by atoms with Gasteiger partial charge in [-0.25, -0.2) is 4.39 Å². The molecule has 0 unspecified atom stereocenters. The quantitative estimate of drug-likeness (QED) is 0.610. The molecular formula is C23H23FN2O4. The van der Waals surface area contributed by atoms with Gasteiger partial charge in [-0.1, -0.05) is 23.4 Å². The number of carbonyl (C=O) groups excluding carboxylic acids is 1. The SMILES string of the molecule is COc1ccc(CCNC(=O)C2(c3cc(-c4ccccc4F)on3)CC2)cc1OC. The second-order valence-corrected chi connectivity index (χ2v) is 7.33. The maximum Gasteiger partial charge on any atom is 0.232 e. The highest BCUT2D eigenvalue weighted by molar-refractivity contribution is 5.91. The average Bonchev–Trinajstić information content (AvgIpc) is 3.44. The molecule has 0 bridgehead atoms. The summed E-state index contributed by atoms with van der Waals surface area (Å²) in [5, 5.41) is 7.06. The summed E-state index contributed by atoms with van der Waals surface area (Å²) in [6, 6.07) is 13.7. The predicted octanol–water partition coefficient (Wildman–Crippen LogP) is 3.89. The molecule has 1 heterocycles. The van der Waals surface area contributed by atoms with Gasteiger partial charge >= 0.3 is 0 Å². The zero-order valence-electron chi connectivity index (χ0n) is 16.9. The van der Waals surface area contributed by atoms with Crippen LogP contribution in [-0.4, -0.2) is 31.8 Å². The fraction of sp³-hybridized carbons (Fsp3) is 0.304. The van der Waals surface area contributed by atoms with Gasteiger partial charge in [-0.2, -0.15) is 0 Å². The zero-order valence-corrected chi connectivity index (χ0v) is 16.9. The molecule has 0 atom stereocenters.